The van der Waals surface area contributed by atoms with E-state index in [1.165, 1.54) is 16.7 Å². The summed E-state index contributed by atoms with van der Waals surface area (Å²) in [4.78, 5) is 29.9. The molecule has 0 saturated carbocycles. The van der Waals surface area contributed by atoms with Gasteiger partial charge >= 0.3 is 0 Å². The molecule has 1 fully saturated rings. The molecule has 1 aliphatic heterocycles. The Kier molecular flexibility index (Phi) is 3.81. The van der Waals surface area contributed by atoms with Crippen LogP contribution in [0, 0.1) is 6.92 Å². The second-order valence-corrected chi connectivity index (χ2v) is 6.64. The molecule has 2 aromatic rings. The van der Waals surface area contributed by atoms with Gasteiger partial charge in [0.05, 0.1) is 5.69 Å². The lowest BCUT2D eigenvalue weighted by Gasteiger charge is -2.14. The van der Waals surface area contributed by atoms with Crippen molar-refractivity contribution in [2.45, 2.75) is 23.8 Å². The van der Waals surface area contributed by atoms with E-state index in [0.717, 1.165) is 4.47 Å². The number of aromatic amines is 1. The van der Waals surface area contributed by atoms with Crippen LogP contribution < -0.4 is 4.90 Å². The number of hydrogen-bond donors (Lipinski definition) is 1. The van der Waals surface area contributed by atoms with Gasteiger partial charge in [-0.1, -0.05) is 27.7 Å². The van der Waals surface area contributed by atoms with Gasteiger partial charge in [-0.3, -0.25) is 14.7 Å². The van der Waals surface area contributed by atoms with E-state index in [0.29, 0.717) is 16.7 Å². The molecule has 108 valence electrons. The van der Waals surface area contributed by atoms with E-state index in [1.807, 2.05) is 0 Å². The van der Waals surface area contributed by atoms with Crippen LogP contribution >= 0.6 is 27.7 Å². The summed E-state index contributed by atoms with van der Waals surface area (Å²) in [5.74, 6) is 0.251. The first-order valence-corrected chi connectivity index (χ1v) is 7.90. The highest BCUT2D eigenvalue weighted by molar-refractivity contribution is 9.10. The molecule has 1 atom stereocenters. The molecule has 0 spiro atoms. The number of nitrogens with zero attached hydrogens (tertiary/aromatic N) is 3. The number of carbonyl (C=O) groups excluding carboxylic acids is 2. The number of halogens is 1. The summed E-state index contributed by atoms with van der Waals surface area (Å²) >= 11 is 4.54. The van der Waals surface area contributed by atoms with Crippen molar-refractivity contribution in [1.82, 2.24) is 15.2 Å². The molecule has 1 saturated heterocycles. The van der Waals surface area contributed by atoms with Crippen molar-refractivity contribution >= 4 is 45.2 Å². The highest BCUT2D eigenvalue weighted by Gasteiger charge is 2.40. The first-order valence-electron chi connectivity index (χ1n) is 6.22. The maximum absolute atomic E-state index is 12.4. The standard InChI is InChI=1S/C13H11BrN4O2S/c1-7-15-13(17-16-7)21-10-6-11(19)18(12(10)20)9-4-2-8(14)3-5-9/h2-5,10H,6H2,1H3,(H,15,16,17). The fourth-order valence-electron chi connectivity index (χ4n) is 2.06. The summed E-state index contributed by atoms with van der Waals surface area (Å²) < 4.78 is 0.896. The quantitative estimate of drug-likeness (QED) is 0.843. The van der Waals surface area contributed by atoms with E-state index in [9.17, 15) is 9.59 Å². The molecule has 1 unspecified atom stereocenters. The number of nitrogens with one attached hydrogen (secondary N) is 1. The summed E-state index contributed by atoms with van der Waals surface area (Å²) in [6.07, 6.45) is 0.160. The van der Waals surface area contributed by atoms with Gasteiger partial charge in [0.15, 0.2) is 0 Å². The van der Waals surface area contributed by atoms with E-state index in [2.05, 4.69) is 31.1 Å². The minimum absolute atomic E-state index is 0.160. The van der Waals surface area contributed by atoms with E-state index in [1.54, 1.807) is 31.2 Å². The van der Waals surface area contributed by atoms with Gasteiger partial charge in [0.25, 0.3) is 0 Å². The van der Waals surface area contributed by atoms with Crippen LogP contribution in [0.25, 0.3) is 0 Å². The zero-order chi connectivity index (χ0) is 15.0. The molecule has 1 aromatic carbocycles. The lowest BCUT2D eigenvalue weighted by Crippen LogP contribution is -2.31. The SMILES string of the molecule is Cc1nc(SC2CC(=O)N(c3ccc(Br)cc3)C2=O)n[nH]1. The second kappa shape index (κ2) is 5.61. The van der Waals surface area contributed by atoms with Crippen molar-refractivity contribution in [3.8, 4) is 0 Å². The Morgan fingerprint density at radius 2 is 2.05 bits per heavy atom. The monoisotopic (exact) mass is 366 g/mol. The van der Waals surface area contributed by atoms with Crippen LogP contribution in [0.1, 0.15) is 12.2 Å². The number of thioether (sulfide) groups is 1. The van der Waals surface area contributed by atoms with Crippen molar-refractivity contribution in [1.29, 1.82) is 0 Å². The lowest BCUT2D eigenvalue weighted by molar-refractivity contribution is -0.121. The molecular formula is C13H11BrN4O2S. The van der Waals surface area contributed by atoms with Gasteiger partial charge in [-0.15, -0.1) is 5.10 Å². The van der Waals surface area contributed by atoms with Crippen LogP contribution in [0.5, 0.6) is 0 Å². The number of benzene rings is 1. The number of rotatable bonds is 3. The van der Waals surface area contributed by atoms with E-state index in [4.69, 9.17) is 0 Å². The third kappa shape index (κ3) is 2.86. The molecule has 8 heteroatoms. The molecule has 0 aliphatic carbocycles. The number of anilines is 1. The molecule has 0 radical (unpaired) electrons. The highest BCUT2D eigenvalue weighted by Crippen LogP contribution is 2.32. The minimum atomic E-state index is -0.476. The average molecular weight is 367 g/mol. The Morgan fingerprint density at radius 1 is 1.33 bits per heavy atom. The fourth-order valence-corrected chi connectivity index (χ4v) is 3.30. The van der Waals surface area contributed by atoms with Crippen molar-refractivity contribution < 1.29 is 9.59 Å². The zero-order valence-electron chi connectivity index (χ0n) is 11.0. The lowest BCUT2D eigenvalue weighted by atomic mass is 10.3. The zero-order valence-corrected chi connectivity index (χ0v) is 13.4. The average Bonchev–Trinajstić information content (AvgIpc) is 2.96. The maximum Gasteiger partial charge on any atom is 0.247 e. The Balaban J connectivity index is 1.80. The Bertz CT molecular complexity index is 700. The summed E-state index contributed by atoms with van der Waals surface area (Å²) in [5.41, 5.74) is 0.586. The largest absolute Gasteiger partial charge is 0.274 e. The third-order valence-corrected chi connectivity index (χ3v) is 4.59. The van der Waals surface area contributed by atoms with Gasteiger partial charge in [-0.05, 0) is 31.2 Å². The predicted octanol–water partition coefficient (Wildman–Crippen LogP) is 2.30. The van der Waals surface area contributed by atoms with Crippen molar-refractivity contribution in [3.63, 3.8) is 0 Å². The fraction of sp³-hybridized carbons (Fsp3) is 0.231. The van der Waals surface area contributed by atoms with E-state index >= 15 is 0 Å². The number of aromatic nitrogens is 3. The summed E-state index contributed by atoms with van der Waals surface area (Å²) in [7, 11) is 0. The summed E-state index contributed by atoms with van der Waals surface area (Å²) in [6, 6.07) is 7.08. The number of imide groups is 1. The number of hydrogen-bond acceptors (Lipinski definition) is 5. The minimum Gasteiger partial charge on any atom is -0.274 e. The highest BCUT2D eigenvalue weighted by atomic mass is 79.9. The normalized spacial score (nSPS) is 18.6. The topological polar surface area (TPSA) is 79.0 Å². The molecule has 6 nitrogen and oxygen atoms in total. The smallest absolute Gasteiger partial charge is 0.247 e. The number of amides is 2. The van der Waals surface area contributed by atoms with Crippen LogP contribution in [0.4, 0.5) is 5.69 Å². The van der Waals surface area contributed by atoms with Crippen molar-refractivity contribution in [3.05, 3.63) is 34.6 Å². The maximum atomic E-state index is 12.4. The number of H-pyrrole nitrogens is 1. The molecule has 0 bridgehead atoms. The summed E-state index contributed by atoms with van der Waals surface area (Å²) in [6.45, 7) is 1.78. The van der Waals surface area contributed by atoms with Crippen LogP contribution in [0.3, 0.4) is 0 Å². The molecule has 2 heterocycles. The van der Waals surface area contributed by atoms with Crippen LogP contribution in [-0.4, -0.2) is 32.2 Å². The van der Waals surface area contributed by atoms with Crippen LogP contribution in [-0.2, 0) is 9.59 Å². The summed E-state index contributed by atoms with van der Waals surface area (Å²) in [5, 5.41) is 6.71. The van der Waals surface area contributed by atoms with Crippen LogP contribution in [0.2, 0.25) is 0 Å². The Morgan fingerprint density at radius 3 is 2.67 bits per heavy atom. The molecular weight excluding hydrogens is 356 g/mol. The molecule has 21 heavy (non-hydrogen) atoms. The first kappa shape index (κ1) is 14.3. The van der Waals surface area contributed by atoms with Gasteiger partial charge in [0.1, 0.15) is 11.1 Å². The van der Waals surface area contributed by atoms with Gasteiger partial charge in [0.2, 0.25) is 17.0 Å². The van der Waals surface area contributed by atoms with Crippen molar-refractivity contribution in [2.24, 2.45) is 0 Å². The van der Waals surface area contributed by atoms with E-state index in [-0.39, 0.29) is 18.2 Å². The molecule has 1 aromatic heterocycles. The van der Waals surface area contributed by atoms with Gasteiger partial charge in [0, 0.05) is 10.9 Å². The predicted molar refractivity (Wildman–Crippen MR) is 82.0 cm³/mol. The van der Waals surface area contributed by atoms with Gasteiger partial charge in [-0.2, -0.15) is 0 Å². The molecule has 1 N–H and O–H groups in total. The number of carbonyl (C=O) groups is 2. The van der Waals surface area contributed by atoms with Gasteiger partial charge in [-0.25, -0.2) is 9.88 Å². The van der Waals surface area contributed by atoms with E-state index < -0.39 is 5.25 Å². The number of aryl methyl sites for hydroxylation is 1. The molecule has 1 aliphatic rings. The van der Waals surface area contributed by atoms with Gasteiger partial charge < -0.3 is 0 Å². The molecule has 3 rings (SSSR count). The molecule has 2 amide bonds. The van der Waals surface area contributed by atoms with Crippen molar-refractivity contribution in [2.75, 3.05) is 4.90 Å². The third-order valence-electron chi connectivity index (χ3n) is 3.01. The Hall–Kier alpha value is -1.67. The second-order valence-electron chi connectivity index (χ2n) is 4.56. The first-order chi connectivity index (χ1) is 10.0. The van der Waals surface area contributed by atoms with Crippen LogP contribution in [0.15, 0.2) is 33.9 Å². The Labute approximate surface area is 133 Å².